The van der Waals surface area contributed by atoms with Gasteiger partial charge in [-0.15, -0.1) is 0 Å². The zero-order valence-corrected chi connectivity index (χ0v) is 9.42. The molecule has 3 heterocycles. The van der Waals surface area contributed by atoms with E-state index in [4.69, 9.17) is 9.47 Å². The highest BCUT2D eigenvalue weighted by molar-refractivity contribution is 8.14. The first-order chi connectivity index (χ1) is 7.90. The summed E-state index contributed by atoms with van der Waals surface area (Å²) in [7, 11) is 0. The molecular weight excluding hydrogens is 224 g/mol. The van der Waals surface area contributed by atoms with Crippen molar-refractivity contribution in [2.75, 3.05) is 19.1 Å². The van der Waals surface area contributed by atoms with Gasteiger partial charge in [-0.2, -0.15) is 0 Å². The molecule has 0 radical (unpaired) electrons. The minimum Gasteiger partial charge on any atom is -0.454 e. The quantitative estimate of drug-likeness (QED) is 0.687. The molecule has 82 valence electrons. The van der Waals surface area contributed by atoms with E-state index < -0.39 is 0 Å². The van der Waals surface area contributed by atoms with Crippen LogP contribution < -0.4 is 9.47 Å². The molecule has 4 nitrogen and oxygen atoms in total. The molecule has 1 aromatic carbocycles. The summed E-state index contributed by atoms with van der Waals surface area (Å²) in [6, 6.07) is 4.04. The lowest BCUT2D eigenvalue weighted by molar-refractivity contribution is 0.174. The molecule has 0 atom stereocenters. The van der Waals surface area contributed by atoms with E-state index in [0.29, 0.717) is 6.79 Å². The first-order valence-corrected chi connectivity index (χ1v) is 6.28. The maximum atomic E-state index is 5.38. The molecule has 0 N–H and O–H groups in total. The first kappa shape index (κ1) is 8.75. The zero-order chi connectivity index (χ0) is 10.5. The molecular formula is C11H10N2O2S. The molecule has 1 saturated heterocycles. The van der Waals surface area contributed by atoms with E-state index in [9.17, 15) is 0 Å². The number of aliphatic imine (C=N–C) groups is 1. The number of hydrogen-bond acceptors (Lipinski definition) is 5. The normalized spacial score (nSPS) is 20.5. The van der Waals surface area contributed by atoms with Gasteiger partial charge < -0.3 is 14.4 Å². The Morgan fingerprint density at radius 2 is 2.12 bits per heavy atom. The number of nitrogens with zero attached hydrogens (tertiary/aromatic N) is 2. The summed E-state index contributed by atoms with van der Waals surface area (Å²) >= 11 is 1.83. The standard InChI is InChI=1S/C11H10N2O2S/c1-2-16-11-12-8-4-10-9(14-6-15-10)3-7(8)5-13(1)11/h3-4H,1-2,5-6H2. The SMILES string of the molecule is c1c2c(cc3c1OCO3)N=C1SCCN1C2. The number of ether oxygens (including phenoxy) is 2. The molecule has 16 heavy (non-hydrogen) atoms. The Morgan fingerprint density at radius 3 is 3.06 bits per heavy atom. The first-order valence-electron chi connectivity index (χ1n) is 5.29. The van der Waals surface area contributed by atoms with E-state index in [-0.39, 0.29) is 0 Å². The maximum Gasteiger partial charge on any atom is 0.231 e. The van der Waals surface area contributed by atoms with E-state index in [1.165, 1.54) is 5.56 Å². The number of benzene rings is 1. The molecule has 0 unspecified atom stereocenters. The smallest absolute Gasteiger partial charge is 0.231 e. The van der Waals surface area contributed by atoms with Gasteiger partial charge in [0.1, 0.15) is 0 Å². The Morgan fingerprint density at radius 1 is 1.25 bits per heavy atom. The van der Waals surface area contributed by atoms with Crippen LogP contribution in [0.3, 0.4) is 0 Å². The van der Waals surface area contributed by atoms with Gasteiger partial charge in [-0.25, -0.2) is 4.99 Å². The average molecular weight is 234 g/mol. The molecule has 0 amide bonds. The second-order valence-corrected chi connectivity index (χ2v) is 5.06. The van der Waals surface area contributed by atoms with Crippen LogP contribution >= 0.6 is 11.8 Å². The summed E-state index contributed by atoms with van der Waals surface area (Å²) in [5.41, 5.74) is 2.26. The van der Waals surface area contributed by atoms with Crippen LogP contribution in [-0.2, 0) is 6.54 Å². The summed E-state index contributed by atoms with van der Waals surface area (Å²) in [5, 5.41) is 1.14. The van der Waals surface area contributed by atoms with Gasteiger partial charge in [-0.1, -0.05) is 11.8 Å². The molecule has 0 aliphatic carbocycles. The number of hydrogen-bond donors (Lipinski definition) is 0. The van der Waals surface area contributed by atoms with Crippen molar-refractivity contribution in [1.82, 2.24) is 4.90 Å². The topological polar surface area (TPSA) is 34.1 Å². The Hall–Kier alpha value is -1.36. The van der Waals surface area contributed by atoms with Crippen LogP contribution in [0.25, 0.3) is 0 Å². The Balaban J connectivity index is 1.85. The summed E-state index contributed by atoms with van der Waals surface area (Å²) in [6.45, 7) is 2.36. The Bertz CT molecular complexity index is 501. The molecule has 0 saturated carbocycles. The highest BCUT2D eigenvalue weighted by atomic mass is 32.2. The van der Waals surface area contributed by atoms with Gasteiger partial charge in [0, 0.05) is 30.5 Å². The van der Waals surface area contributed by atoms with Crippen LogP contribution in [0.4, 0.5) is 5.69 Å². The Kier molecular flexibility index (Phi) is 1.68. The van der Waals surface area contributed by atoms with Gasteiger partial charge >= 0.3 is 0 Å². The fraction of sp³-hybridized carbons (Fsp3) is 0.364. The number of fused-ring (bicyclic) bond motifs is 3. The average Bonchev–Trinajstić information content (AvgIpc) is 2.89. The van der Waals surface area contributed by atoms with Crippen molar-refractivity contribution in [3.63, 3.8) is 0 Å². The lowest BCUT2D eigenvalue weighted by atomic mass is 10.1. The number of thioether (sulfide) groups is 1. The van der Waals surface area contributed by atoms with Crippen LogP contribution in [0.2, 0.25) is 0 Å². The monoisotopic (exact) mass is 234 g/mol. The minimum atomic E-state index is 0.327. The van der Waals surface area contributed by atoms with E-state index in [1.54, 1.807) is 0 Å². The summed E-state index contributed by atoms with van der Waals surface area (Å²) < 4.78 is 10.7. The third-order valence-electron chi connectivity index (χ3n) is 3.01. The lowest BCUT2D eigenvalue weighted by Crippen LogP contribution is -2.26. The van der Waals surface area contributed by atoms with Crippen molar-refractivity contribution in [2.24, 2.45) is 4.99 Å². The van der Waals surface area contributed by atoms with Gasteiger partial charge in [0.25, 0.3) is 0 Å². The van der Waals surface area contributed by atoms with Crippen molar-refractivity contribution < 1.29 is 9.47 Å². The molecule has 1 fully saturated rings. The van der Waals surface area contributed by atoms with Crippen molar-refractivity contribution >= 4 is 22.6 Å². The van der Waals surface area contributed by atoms with Crippen LogP contribution in [0.5, 0.6) is 11.5 Å². The molecule has 1 aromatic rings. The molecule has 3 aliphatic rings. The zero-order valence-electron chi connectivity index (χ0n) is 8.60. The molecule has 0 spiro atoms. The largest absolute Gasteiger partial charge is 0.454 e. The Labute approximate surface area is 97.2 Å². The molecule has 4 rings (SSSR count). The van der Waals surface area contributed by atoms with Crippen LogP contribution in [0.1, 0.15) is 5.56 Å². The van der Waals surface area contributed by atoms with Crippen molar-refractivity contribution in [3.05, 3.63) is 17.7 Å². The van der Waals surface area contributed by atoms with Gasteiger partial charge in [0.05, 0.1) is 5.69 Å². The number of amidine groups is 1. The molecule has 5 heteroatoms. The highest BCUT2D eigenvalue weighted by Gasteiger charge is 2.27. The van der Waals surface area contributed by atoms with Crippen LogP contribution in [0, 0.1) is 0 Å². The second kappa shape index (κ2) is 3.07. The van der Waals surface area contributed by atoms with Gasteiger partial charge in [-0.05, 0) is 6.07 Å². The summed E-state index contributed by atoms with van der Waals surface area (Å²) in [5.74, 6) is 2.81. The molecule has 0 bridgehead atoms. The predicted molar refractivity (Wildman–Crippen MR) is 62.5 cm³/mol. The van der Waals surface area contributed by atoms with Gasteiger partial charge in [0.2, 0.25) is 6.79 Å². The summed E-state index contributed by atoms with van der Waals surface area (Å²) in [4.78, 5) is 6.97. The van der Waals surface area contributed by atoms with Crippen molar-refractivity contribution in [3.8, 4) is 11.5 Å². The van der Waals surface area contributed by atoms with Gasteiger partial charge in [0.15, 0.2) is 16.7 Å². The fourth-order valence-corrected chi connectivity index (χ4v) is 3.19. The molecule has 3 aliphatic heterocycles. The van der Waals surface area contributed by atoms with E-state index >= 15 is 0 Å². The van der Waals surface area contributed by atoms with Crippen LogP contribution in [-0.4, -0.2) is 29.2 Å². The molecule has 0 aromatic heterocycles. The van der Waals surface area contributed by atoms with Crippen LogP contribution in [0.15, 0.2) is 17.1 Å². The number of rotatable bonds is 0. The fourth-order valence-electron chi connectivity index (χ4n) is 2.20. The minimum absolute atomic E-state index is 0.327. The van der Waals surface area contributed by atoms with E-state index in [2.05, 4.69) is 16.0 Å². The maximum absolute atomic E-state index is 5.38. The lowest BCUT2D eigenvalue weighted by Gasteiger charge is -2.23. The third kappa shape index (κ3) is 1.15. The second-order valence-electron chi connectivity index (χ2n) is 4.00. The highest BCUT2D eigenvalue weighted by Crippen LogP contribution is 2.41. The van der Waals surface area contributed by atoms with Crippen molar-refractivity contribution in [2.45, 2.75) is 6.54 Å². The third-order valence-corrected chi connectivity index (χ3v) is 4.01. The van der Waals surface area contributed by atoms with E-state index in [1.807, 2.05) is 17.8 Å². The van der Waals surface area contributed by atoms with Gasteiger partial charge in [-0.3, -0.25) is 0 Å². The van der Waals surface area contributed by atoms with E-state index in [0.717, 1.165) is 41.2 Å². The predicted octanol–water partition coefficient (Wildman–Crippen LogP) is 1.97. The summed E-state index contributed by atoms with van der Waals surface area (Å²) in [6.07, 6.45) is 0. The van der Waals surface area contributed by atoms with Crippen molar-refractivity contribution in [1.29, 1.82) is 0 Å².